The summed E-state index contributed by atoms with van der Waals surface area (Å²) in [6.07, 6.45) is 8.78. The van der Waals surface area contributed by atoms with E-state index in [0.29, 0.717) is 6.42 Å². The van der Waals surface area contributed by atoms with E-state index in [2.05, 4.69) is 41.8 Å². The minimum absolute atomic E-state index is 0.0451. The SMILES string of the molecule is CCCN(CCC)C(C)CCS(=O)(=O)NC(=O)Nc1c2c(cc3c1CCC3)CCC2. The van der Waals surface area contributed by atoms with Crippen LogP contribution in [0.5, 0.6) is 0 Å². The Hall–Kier alpha value is -1.60. The van der Waals surface area contributed by atoms with Crippen LogP contribution in [0.2, 0.25) is 0 Å². The maximum absolute atomic E-state index is 12.6. The fourth-order valence-electron chi connectivity index (χ4n) is 4.93. The van der Waals surface area contributed by atoms with Crippen molar-refractivity contribution in [3.63, 3.8) is 0 Å². The maximum atomic E-state index is 12.6. The van der Waals surface area contributed by atoms with Gasteiger partial charge in [0, 0.05) is 11.7 Å². The van der Waals surface area contributed by atoms with Gasteiger partial charge in [-0.25, -0.2) is 17.9 Å². The smallest absolute Gasteiger partial charge is 0.307 e. The number of nitrogens with one attached hydrogen (secondary N) is 2. The number of hydrogen-bond acceptors (Lipinski definition) is 4. The molecule has 1 aromatic rings. The van der Waals surface area contributed by atoms with Gasteiger partial charge in [-0.2, -0.15) is 0 Å². The third kappa shape index (κ3) is 5.55. The zero-order chi connectivity index (χ0) is 21.7. The second-order valence-corrected chi connectivity index (χ2v) is 10.6. The largest absolute Gasteiger partial charge is 0.332 e. The topological polar surface area (TPSA) is 78.5 Å². The van der Waals surface area contributed by atoms with Gasteiger partial charge in [-0.05, 0) is 100 Å². The van der Waals surface area contributed by atoms with Crippen molar-refractivity contribution in [3.8, 4) is 0 Å². The third-order valence-electron chi connectivity index (χ3n) is 6.41. The molecule has 7 heteroatoms. The van der Waals surface area contributed by atoms with Crippen molar-refractivity contribution in [3.05, 3.63) is 28.3 Å². The number of benzene rings is 1. The molecule has 0 bridgehead atoms. The number of amides is 2. The van der Waals surface area contributed by atoms with Crippen LogP contribution in [0, 0.1) is 0 Å². The molecule has 1 unspecified atom stereocenters. The van der Waals surface area contributed by atoms with E-state index in [-0.39, 0.29) is 11.8 Å². The van der Waals surface area contributed by atoms with Crippen LogP contribution in [0.1, 0.15) is 75.1 Å². The van der Waals surface area contributed by atoms with E-state index in [4.69, 9.17) is 0 Å². The molecule has 2 aliphatic carbocycles. The van der Waals surface area contributed by atoms with Gasteiger partial charge in [0.2, 0.25) is 10.0 Å². The molecule has 0 fully saturated rings. The summed E-state index contributed by atoms with van der Waals surface area (Å²) in [7, 11) is -3.68. The first-order chi connectivity index (χ1) is 14.3. The van der Waals surface area contributed by atoms with Crippen molar-refractivity contribution in [2.45, 2.75) is 84.6 Å². The Labute approximate surface area is 181 Å². The summed E-state index contributed by atoms with van der Waals surface area (Å²) < 4.78 is 27.4. The van der Waals surface area contributed by atoms with Crippen LogP contribution in [0.3, 0.4) is 0 Å². The summed E-state index contributed by atoms with van der Waals surface area (Å²) in [6, 6.07) is 1.84. The second-order valence-electron chi connectivity index (χ2n) is 8.78. The maximum Gasteiger partial charge on any atom is 0.332 e. The Balaban J connectivity index is 1.61. The number of hydrogen-bond donors (Lipinski definition) is 2. The zero-order valence-corrected chi connectivity index (χ0v) is 19.5. The number of nitrogens with zero attached hydrogens (tertiary/aromatic N) is 1. The number of aryl methyl sites for hydroxylation is 2. The standard InChI is InChI=1S/C23H37N3O3S/c1-4-13-26(14-5-2)17(3)12-15-30(28,29)25-23(27)24-22-20-10-6-8-18(20)16-19-9-7-11-21(19)22/h16-17H,4-15H2,1-3H3,(H2,24,25,27). The monoisotopic (exact) mass is 435 g/mol. The van der Waals surface area contributed by atoms with E-state index in [9.17, 15) is 13.2 Å². The van der Waals surface area contributed by atoms with Crippen LogP contribution in [0.15, 0.2) is 6.07 Å². The van der Waals surface area contributed by atoms with Gasteiger partial charge < -0.3 is 10.2 Å². The normalized spacial score (nSPS) is 16.4. The molecular formula is C23H37N3O3S. The molecule has 0 radical (unpaired) electrons. The Kier molecular flexibility index (Phi) is 7.80. The molecule has 0 spiro atoms. The first-order valence-electron chi connectivity index (χ1n) is 11.6. The minimum atomic E-state index is -3.68. The second kappa shape index (κ2) is 10.1. The lowest BCUT2D eigenvalue weighted by Gasteiger charge is -2.28. The molecule has 2 aliphatic rings. The van der Waals surface area contributed by atoms with Crippen LogP contribution in [-0.2, 0) is 35.7 Å². The molecule has 30 heavy (non-hydrogen) atoms. The number of anilines is 1. The third-order valence-corrected chi connectivity index (χ3v) is 7.68. The number of rotatable bonds is 10. The highest BCUT2D eigenvalue weighted by Gasteiger charge is 2.26. The summed E-state index contributed by atoms with van der Waals surface area (Å²) in [5.74, 6) is -0.0451. The van der Waals surface area contributed by atoms with Crippen LogP contribution < -0.4 is 10.0 Å². The van der Waals surface area contributed by atoms with Gasteiger partial charge in [-0.15, -0.1) is 0 Å². The summed E-state index contributed by atoms with van der Waals surface area (Å²) in [6.45, 7) is 8.27. The molecule has 2 N–H and O–H groups in total. The Bertz CT molecular complexity index is 829. The molecule has 6 nitrogen and oxygen atoms in total. The predicted octanol–water partition coefficient (Wildman–Crippen LogP) is 4.02. The van der Waals surface area contributed by atoms with E-state index in [1.807, 2.05) is 0 Å². The van der Waals surface area contributed by atoms with E-state index in [1.54, 1.807) is 0 Å². The molecular weight excluding hydrogens is 398 g/mol. The Morgan fingerprint density at radius 2 is 1.60 bits per heavy atom. The lowest BCUT2D eigenvalue weighted by atomic mass is 9.99. The van der Waals surface area contributed by atoms with Crippen molar-refractivity contribution in [1.29, 1.82) is 0 Å². The van der Waals surface area contributed by atoms with Gasteiger partial charge in [0.1, 0.15) is 0 Å². The molecule has 1 atom stereocenters. The fourth-order valence-corrected chi connectivity index (χ4v) is 6.02. The highest BCUT2D eigenvalue weighted by molar-refractivity contribution is 7.90. The predicted molar refractivity (Wildman–Crippen MR) is 123 cm³/mol. The fraction of sp³-hybridized carbons (Fsp3) is 0.696. The summed E-state index contributed by atoms with van der Waals surface area (Å²) in [5, 5.41) is 2.91. The van der Waals surface area contributed by atoms with Gasteiger partial charge in [-0.3, -0.25) is 0 Å². The highest BCUT2D eigenvalue weighted by Crippen LogP contribution is 2.38. The zero-order valence-electron chi connectivity index (χ0n) is 18.7. The molecule has 0 aliphatic heterocycles. The molecule has 168 valence electrons. The van der Waals surface area contributed by atoms with Crippen molar-refractivity contribution < 1.29 is 13.2 Å². The van der Waals surface area contributed by atoms with Gasteiger partial charge in [0.25, 0.3) is 0 Å². The van der Waals surface area contributed by atoms with Gasteiger partial charge in [-0.1, -0.05) is 19.9 Å². The molecule has 0 saturated heterocycles. The van der Waals surface area contributed by atoms with E-state index in [0.717, 1.165) is 70.1 Å². The minimum Gasteiger partial charge on any atom is -0.307 e. The van der Waals surface area contributed by atoms with Crippen molar-refractivity contribution in [1.82, 2.24) is 9.62 Å². The summed E-state index contributed by atoms with van der Waals surface area (Å²) in [4.78, 5) is 14.9. The first kappa shape index (κ1) is 23.1. The average molecular weight is 436 g/mol. The molecule has 0 heterocycles. The van der Waals surface area contributed by atoms with Crippen molar-refractivity contribution >= 4 is 21.7 Å². The lowest BCUT2D eigenvalue weighted by Crippen LogP contribution is -2.40. The van der Waals surface area contributed by atoms with E-state index in [1.165, 1.54) is 22.3 Å². The quantitative estimate of drug-likeness (QED) is 0.582. The molecule has 0 aromatic heterocycles. The molecule has 0 saturated carbocycles. The number of fused-ring (bicyclic) bond motifs is 2. The molecule has 2 amide bonds. The van der Waals surface area contributed by atoms with Gasteiger partial charge in [0.15, 0.2) is 0 Å². The van der Waals surface area contributed by atoms with E-state index < -0.39 is 16.1 Å². The first-order valence-corrected chi connectivity index (χ1v) is 13.2. The van der Waals surface area contributed by atoms with Crippen LogP contribution in [-0.4, -0.2) is 44.2 Å². The van der Waals surface area contributed by atoms with Crippen LogP contribution in [0.4, 0.5) is 10.5 Å². The average Bonchev–Trinajstić information content (AvgIpc) is 3.34. The summed E-state index contributed by atoms with van der Waals surface area (Å²) in [5.41, 5.74) is 5.90. The van der Waals surface area contributed by atoms with Crippen molar-refractivity contribution in [2.24, 2.45) is 0 Å². The Morgan fingerprint density at radius 1 is 1.03 bits per heavy atom. The number of sulfonamides is 1. The number of carbonyl (C=O) groups is 1. The van der Waals surface area contributed by atoms with E-state index >= 15 is 0 Å². The van der Waals surface area contributed by atoms with Crippen LogP contribution in [0.25, 0.3) is 0 Å². The van der Waals surface area contributed by atoms with Crippen LogP contribution >= 0.6 is 0 Å². The Morgan fingerprint density at radius 3 is 2.13 bits per heavy atom. The highest BCUT2D eigenvalue weighted by atomic mass is 32.2. The summed E-state index contributed by atoms with van der Waals surface area (Å²) >= 11 is 0. The lowest BCUT2D eigenvalue weighted by molar-refractivity contribution is 0.205. The molecule has 1 aromatic carbocycles. The molecule has 3 rings (SSSR count). The number of carbonyl (C=O) groups excluding carboxylic acids is 1. The van der Waals surface area contributed by atoms with Gasteiger partial charge >= 0.3 is 6.03 Å². The van der Waals surface area contributed by atoms with Gasteiger partial charge in [0.05, 0.1) is 5.75 Å². The number of urea groups is 1. The van der Waals surface area contributed by atoms with Crippen molar-refractivity contribution in [2.75, 3.05) is 24.2 Å².